The van der Waals surface area contributed by atoms with Crippen molar-refractivity contribution in [2.24, 2.45) is 9.98 Å². The second-order valence-electron chi connectivity index (χ2n) is 15.5. The molecule has 2 nitrogen and oxygen atoms in total. The highest BCUT2D eigenvalue weighted by Gasteiger charge is 2.37. The Hall–Kier alpha value is -7.29. The van der Waals surface area contributed by atoms with Crippen LogP contribution in [0.3, 0.4) is 0 Å². The summed E-state index contributed by atoms with van der Waals surface area (Å²) in [4.78, 5) is 10.6. The molecular weight excluding hydrogens is 698 g/mol. The van der Waals surface area contributed by atoms with E-state index in [1.807, 2.05) is 12.1 Å². The minimum Gasteiger partial charge on any atom is -0.248 e. The van der Waals surface area contributed by atoms with Gasteiger partial charge in [0, 0.05) is 0 Å². The number of aliphatic imine (C=N–C) groups is 2. The molecule has 2 aliphatic rings. The Morgan fingerprint density at radius 1 is 0.259 bits per heavy atom. The van der Waals surface area contributed by atoms with Crippen LogP contribution in [0.15, 0.2) is 216 Å². The molecule has 2 heterocycles. The van der Waals surface area contributed by atoms with Gasteiger partial charge in [0.2, 0.25) is 13.4 Å². The van der Waals surface area contributed by atoms with Crippen molar-refractivity contribution >= 4 is 101 Å². The lowest BCUT2D eigenvalue weighted by atomic mass is 9.32. The lowest BCUT2D eigenvalue weighted by molar-refractivity contribution is 1.48. The van der Waals surface area contributed by atoms with E-state index >= 15 is 0 Å². The third-order valence-corrected chi connectivity index (χ3v) is 12.5. The molecular formula is C54H34B2N2. The molecule has 10 aromatic rings. The normalized spacial score (nSPS) is 13.0. The summed E-state index contributed by atoms with van der Waals surface area (Å²) in [5.74, 6) is 0. The fourth-order valence-electron chi connectivity index (χ4n) is 10.0. The Morgan fingerprint density at radius 2 is 0.569 bits per heavy atom. The van der Waals surface area contributed by atoms with E-state index in [1.54, 1.807) is 0 Å². The standard InChI is InChI=1S/C54H34B2N2/c1-3-15-37(16-4-1)57-53-41-19-7-11-23-45(41)55(46-24-12-8-20-42(46)53)49-33-29-35-27-28-36-30-34-50(40-32-31-39(49)51(35)52(36)40)56-47-25-13-9-21-43(47)54(44-22-10-14-26-48(44)56)58-38-17-5-2-6-18-38/h1-34H. The molecule has 12 rings (SSSR count). The molecule has 0 radical (unpaired) electrons. The van der Waals surface area contributed by atoms with Crippen LogP contribution in [0.1, 0.15) is 22.3 Å². The molecule has 0 aromatic heterocycles. The summed E-state index contributed by atoms with van der Waals surface area (Å²) >= 11 is 0. The van der Waals surface area contributed by atoms with E-state index in [0.29, 0.717) is 0 Å². The molecule has 4 heteroatoms. The maximum absolute atomic E-state index is 5.28. The molecule has 0 fully saturated rings. The second-order valence-corrected chi connectivity index (χ2v) is 15.5. The van der Waals surface area contributed by atoms with Crippen LogP contribution in [0.5, 0.6) is 0 Å². The summed E-state index contributed by atoms with van der Waals surface area (Å²) in [6.07, 6.45) is 0. The van der Waals surface area contributed by atoms with E-state index in [-0.39, 0.29) is 13.4 Å². The molecule has 2 aliphatic heterocycles. The van der Waals surface area contributed by atoms with Crippen LogP contribution < -0.4 is 32.8 Å². The average molecular weight is 733 g/mol. The van der Waals surface area contributed by atoms with Gasteiger partial charge in [-0.1, -0.05) is 215 Å². The van der Waals surface area contributed by atoms with Crippen molar-refractivity contribution < 1.29 is 0 Å². The van der Waals surface area contributed by atoms with Crippen LogP contribution in [-0.2, 0) is 0 Å². The smallest absolute Gasteiger partial charge is 0.243 e. The minimum atomic E-state index is 0.0468. The third-order valence-electron chi connectivity index (χ3n) is 12.5. The van der Waals surface area contributed by atoms with Crippen LogP contribution >= 0.6 is 0 Å². The largest absolute Gasteiger partial charge is 0.248 e. The maximum Gasteiger partial charge on any atom is 0.243 e. The number of fused-ring (bicyclic) bond motifs is 4. The summed E-state index contributed by atoms with van der Waals surface area (Å²) in [5.41, 5.74) is 16.5. The van der Waals surface area contributed by atoms with Crippen LogP contribution in [0, 0.1) is 0 Å². The minimum absolute atomic E-state index is 0.0468. The molecule has 0 aliphatic carbocycles. The second kappa shape index (κ2) is 13.1. The van der Waals surface area contributed by atoms with Gasteiger partial charge in [-0.05, 0) is 78.8 Å². The lowest BCUT2D eigenvalue weighted by Gasteiger charge is -2.30. The van der Waals surface area contributed by atoms with E-state index in [2.05, 4.69) is 194 Å². The maximum atomic E-state index is 5.28. The number of hydrogen-bond donors (Lipinski definition) is 0. The van der Waals surface area contributed by atoms with Crippen molar-refractivity contribution in [2.75, 3.05) is 0 Å². The SMILES string of the molecule is c1ccc(N=C2c3ccccc3B(c3ccc4ccc5ccc(B6c7ccccc7C(=Nc7ccccc7)c7ccccc76)c6ccc3c4c56)c3ccccc32)cc1. The third kappa shape index (κ3) is 5.01. The number of nitrogens with zero attached hydrogens (tertiary/aromatic N) is 2. The van der Waals surface area contributed by atoms with Crippen LogP contribution in [-0.4, -0.2) is 24.8 Å². The van der Waals surface area contributed by atoms with Crippen molar-refractivity contribution in [2.45, 2.75) is 0 Å². The van der Waals surface area contributed by atoms with Gasteiger partial charge >= 0.3 is 0 Å². The van der Waals surface area contributed by atoms with E-state index in [4.69, 9.17) is 9.98 Å². The van der Waals surface area contributed by atoms with Crippen LogP contribution in [0.2, 0.25) is 0 Å². The highest BCUT2D eigenvalue weighted by atomic mass is 14.8. The van der Waals surface area contributed by atoms with Gasteiger partial charge in [0.15, 0.2) is 0 Å². The van der Waals surface area contributed by atoms with E-state index < -0.39 is 0 Å². The van der Waals surface area contributed by atoms with Crippen molar-refractivity contribution in [3.8, 4) is 0 Å². The van der Waals surface area contributed by atoms with Gasteiger partial charge in [-0.15, -0.1) is 0 Å². The van der Waals surface area contributed by atoms with Gasteiger partial charge in [-0.3, -0.25) is 0 Å². The first-order valence-electron chi connectivity index (χ1n) is 20.1. The van der Waals surface area contributed by atoms with Gasteiger partial charge in [0.05, 0.1) is 22.8 Å². The summed E-state index contributed by atoms with van der Waals surface area (Å²) < 4.78 is 0. The molecule has 0 amide bonds. The predicted molar refractivity (Wildman–Crippen MR) is 249 cm³/mol. The lowest BCUT2D eigenvalue weighted by Crippen LogP contribution is -2.58. The highest BCUT2D eigenvalue weighted by molar-refractivity contribution is 7.00. The molecule has 10 aromatic carbocycles. The number of hydrogen-bond acceptors (Lipinski definition) is 2. The molecule has 0 saturated heterocycles. The Kier molecular flexibility index (Phi) is 7.46. The van der Waals surface area contributed by atoms with Gasteiger partial charge in [-0.2, -0.15) is 0 Å². The zero-order chi connectivity index (χ0) is 38.2. The van der Waals surface area contributed by atoms with Gasteiger partial charge in [0.25, 0.3) is 0 Å². The van der Waals surface area contributed by atoms with Gasteiger partial charge in [0.1, 0.15) is 0 Å². The van der Waals surface area contributed by atoms with Gasteiger partial charge < -0.3 is 0 Å². The molecule has 0 bridgehead atoms. The Morgan fingerprint density at radius 3 is 0.931 bits per heavy atom. The molecule has 0 saturated carbocycles. The van der Waals surface area contributed by atoms with Crippen LogP contribution in [0.25, 0.3) is 32.3 Å². The van der Waals surface area contributed by atoms with Crippen molar-refractivity contribution in [1.29, 1.82) is 0 Å². The van der Waals surface area contributed by atoms with E-state index in [1.165, 1.54) is 87.3 Å². The van der Waals surface area contributed by atoms with Gasteiger partial charge in [-0.25, -0.2) is 9.98 Å². The summed E-state index contributed by atoms with van der Waals surface area (Å²) in [7, 11) is 0. The number of rotatable bonds is 4. The molecule has 0 atom stereocenters. The Bertz CT molecular complexity index is 2980. The topological polar surface area (TPSA) is 24.7 Å². The molecule has 0 unspecified atom stereocenters. The fourth-order valence-corrected chi connectivity index (χ4v) is 10.0. The van der Waals surface area contributed by atoms with E-state index in [9.17, 15) is 0 Å². The molecule has 58 heavy (non-hydrogen) atoms. The molecule has 0 N–H and O–H groups in total. The summed E-state index contributed by atoms with van der Waals surface area (Å²) in [6.45, 7) is 0.0937. The Labute approximate surface area is 338 Å². The number of benzene rings is 10. The number of para-hydroxylation sites is 2. The predicted octanol–water partition coefficient (Wildman–Crippen LogP) is 8.58. The first kappa shape index (κ1) is 32.9. The highest BCUT2D eigenvalue weighted by Crippen LogP contribution is 2.34. The molecule has 266 valence electrons. The Balaban J connectivity index is 1.08. The quantitative estimate of drug-likeness (QED) is 0.128. The average Bonchev–Trinajstić information content (AvgIpc) is 3.29. The zero-order valence-electron chi connectivity index (χ0n) is 31.7. The summed E-state index contributed by atoms with van der Waals surface area (Å²) in [5, 5.41) is 7.78. The zero-order valence-corrected chi connectivity index (χ0v) is 31.7. The monoisotopic (exact) mass is 732 g/mol. The first-order valence-corrected chi connectivity index (χ1v) is 20.1. The fraction of sp³-hybridized carbons (Fsp3) is 0. The van der Waals surface area contributed by atoms with Crippen molar-refractivity contribution in [1.82, 2.24) is 0 Å². The van der Waals surface area contributed by atoms with Crippen LogP contribution in [0.4, 0.5) is 11.4 Å². The van der Waals surface area contributed by atoms with Crippen molar-refractivity contribution in [3.05, 3.63) is 229 Å². The first-order chi connectivity index (χ1) is 28.8. The summed E-state index contributed by atoms with van der Waals surface area (Å²) in [6, 6.07) is 75.0. The van der Waals surface area contributed by atoms with E-state index in [0.717, 1.165) is 22.8 Å². The van der Waals surface area contributed by atoms with Crippen molar-refractivity contribution in [3.63, 3.8) is 0 Å². The molecule has 0 spiro atoms.